The molecule has 1 aromatic carbocycles. The van der Waals surface area contributed by atoms with Gasteiger partial charge in [-0.25, -0.2) is 4.39 Å². The van der Waals surface area contributed by atoms with Gasteiger partial charge in [0.05, 0.1) is 12.2 Å². The van der Waals surface area contributed by atoms with Crippen LogP contribution in [0.15, 0.2) is 18.2 Å². The lowest BCUT2D eigenvalue weighted by atomic mass is 10.2. The van der Waals surface area contributed by atoms with Crippen molar-refractivity contribution >= 4 is 0 Å². The number of aliphatic hydroxyl groups is 1. The zero-order chi connectivity index (χ0) is 12.5. The Balaban J connectivity index is 2.69. The topological polar surface area (TPSA) is 29.5 Å². The van der Waals surface area contributed by atoms with Gasteiger partial charge in [-0.15, -0.1) is 0 Å². The van der Waals surface area contributed by atoms with Crippen molar-refractivity contribution in [3.8, 4) is 17.6 Å². The number of benzene rings is 1. The first-order valence-corrected chi connectivity index (χ1v) is 5.80. The quantitative estimate of drug-likeness (QED) is 0.629. The van der Waals surface area contributed by atoms with E-state index in [0.29, 0.717) is 17.9 Å². The smallest absolute Gasteiger partial charge is 0.135 e. The third kappa shape index (κ3) is 4.88. The van der Waals surface area contributed by atoms with Crippen molar-refractivity contribution in [2.45, 2.75) is 26.2 Å². The van der Waals surface area contributed by atoms with Crippen molar-refractivity contribution in [3.05, 3.63) is 29.6 Å². The molecule has 92 valence electrons. The van der Waals surface area contributed by atoms with Crippen molar-refractivity contribution < 1.29 is 14.2 Å². The molecule has 3 heteroatoms. The molecule has 0 radical (unpaired) electrons. The Labute approximate surface area is 101 Å². The molecule has 0 unspecified atom stereocenters. The van der Waals surface area contributed by atoms with E-state index >= 15 is 0 Å². The Morgan fingerprint density at radius 1 is 1.35 bits per heavy atom. The summed E-state index contributed by atoms with van der Waals surface area (Å²) in [5.74, 6) is 5.39. The molecule has 0 heterocycles. The van der Waals surface area contributed by atoms with Gasteiger partial charge in [-0.1, -0.05) is 31.6 Å². The van der Waals surface area contributed by atoms with Crippen LogP contribution in [0, 0.1) is 17.7 Å². The zero-order valence-electron chi connectivity index (χ0n) is 10.0. The summed E-state index contributed by atoms with van der Waals surface area (Å²) in [6, 6.07) is 4.24. The Kier molecular flexibility index (Phi) is 6.13. The van der Waals surface area contributed by atoms with Gasteiger partial charge < -0.3 is 9.84 Å². The van der Waals surface area contributed by atoms with Crippen LogP contribution in [0.5, 0.6) is 5.75 Å². The van der Waals surface area contributed by atoms with Gasteiger partial charge in [0.1, 0.15) is 18.2 Å². The standard InChI is InChI=1S/C14H17FO2/c1-2-3-4-10-17-14-8-7-13(15)11-12(14)6-5-9-16/h7-8,11,16H,2-4,9-10H2,1H3. The van der Waals surface area contributed by atoms with Crippen molar-refractivity contribution in [1.82, 2.24) is 0 Å². The SMILES string of the molecule is CCCCCOc1ccc(F)cc1C#CCO. The molecule has 1 N–H and O–H groups in total. The summed E-state index contributed by atoms with van der Waals surface area (Å²) in [7, 11) is 0. The number of unbranched alkanes of at least 4 members (excludes halogenated alkanes) is 2. The first-order chi connectivity index (χ1) is 8.27. The average molecular weight is 236 g/mol. The van der Waals surface area contributed by atoms with Crippen LogP contribution < -0.4 is 4.74 Å². The predicted molar refractivity (Wildman–Crippen MR) is 65.4 cm³/mol. The fourth-order valence-electron chi connectivity index (χ4n) is 1.39. The number of ether oxygens (including phenoxy) is 1. The highest BCUT2D eigenvalue weighted by atomic mass is 19.1. The maximum absolute atomic E-state index is 13.0. The molecule has 0 atom stereocenters. The number of aliphatic hydroxyl groups excluding tert-OH is 1. The molecule has 0 aromatic heterocycles. The molecule has 0 aliphatic heterocycles. The first kappa shape index (κ1) is 13.5. The fourth-order valence-corrected chi connectivity index (χ4v) is 1.39. The van der Waals surface area contributed by atoms with Gasteiger partial charge in [0.2, 0.25) is 0 Å². The maximum atomic E-state index is 13.0. The van der Waals surface area contributed by atoms with Crippen LogP contribution in [0.4, 0.5) is 4.39 Å². The van der Waals surface area contributed by atoms with E-state index in [-0.39, 0.29) is 12.4 Å². The van der Waals surface area contributed by atoms with Crippen LogP contribution in [0.1, 0.15) is 31.7 Å². The van der Waals surface area contributed by atoms with Gasteiger partial charge in [-0.05, 0) is 24.6 Å². The summed E-state index contributed by atoms with van der Waals surface area (Å²) >= 11 is 0. The van der Waals surface area contributed by atoms with Crippen LogP contribution >= 0.6 is 0 Å². The second-order valence-electron chi connectivity index (χ2n) is 3.66. The predicted octanol–water partition coefficient (Wildman–Crippen LogP) is 2.74. The lowest BCUT2D eigenvalue weighted by Crippen LogP contribution is -1.99. The molecular formula is C14H17FO2. The van der Waals surface area contributed by atoms with Gasteiger partial charge >= 0.3 is 0 Å². The zero-order valence-corrected chi connectivity index (χ0v) is 10.0. The van der Waals surface area contributed by atoms with E-state index in [0.717, 1.165) is 19.3 Å². The summed E-state index contributed by atoms with van der Waals surface area (Å²) in [6.07, 6.45) is 3.21. The molecule has 0 saturated carbocycles. The fraction of sp³-hybridized carbons (Fsp3) is 0.429. The molecule has 0 bridgehead atoms. The Morgan fingerprint density at radius 3 is 2.88 bits per heavy atom. The van der Waals surface area contributed by atoms with Crippen molar-refractivity contribution in [3.63, 3.8) is 0 Å². The maximum Gasteiger partial charge on any atom is 0.135 e. The van der Waals surface area contributed by atoms with E-state index in [1.807, 2.05) is 0 Å². The molecule has 1 rings (SSSR count). The summed E-state index contributed by atoms with van der Waals surface area (Å²) in [5, 5.41) is 8.63. The minimum absolute atomic E-state index is 0.244. The lowest BCUT2D eigenvalue weighted by molar-refractivity contribution is 0.305. The van der Waals surface area contributed by atoms with E-state index in [4.69, 9.17) is 9.84 Å². The van der Waals surface area contributed by atoms with E-state index < -0.39 is 0 Å². The highest BCUT2D eigenvalue weighted by Gasteiger charge is 2.02. The van der Waals surface area contributed by atoms with Gasteiger partial charge in [-0.2, -0.15) is 0 Å². The molecule has 17 heavy (non-hydrogen) atoms. The third-order valence-corrected chi connectivity index (χ3v) is 2.25. The highest BCUT2D eigenvalue weighted by molar-refractivity contribution is 5.46. The van der Waals surface area contributed by atoms with E-state index in [1.54, 1.807) is 6.07 Å². The lowest BCUT2D eigenvalue weighted by Gasteiger charge is -2.07. The number of hydrogen-bond donors (Lipinski definition) is 1. The van der Waals surface area contributed by atoms with Crippen LogP contribution in [-0.2, 0) is 0 Å². The molecule has 0 aliphatic rings. The van der Waals surface area contributed by atoms with Crippen molar-refractivity contribution in [1.29, 1.82) is 0 Å². The molecule has 0 amide bonds. The number of rotatable bonds is 5. The van der Waals surface area contributed by atoms with E-state index in [1.165, 1.54) is 12.1 Å². The Morgan fingerprint density at radius 2 is 2.18 bits per heavy atom. The second-order valence-corrected chi connectivity index (χ2v) is 3.66. The van der Waals surface area contributed by atoms with E-state index in [9.17, 15) is 4.39 Å². The minimum Gasteiger partial charge on any atom is -0.492 e. The van der Waals surface area contributed by atoms with E-state index in [2.05, 4.69) is 18.8 Å². The summed E-state index contributed by atoms with van der Waals surface area (Å²) in [4.78, 5) is 0. The molecular weight excluding hydrogens is 219 g/mol. The molecule has 1 aromatic rings. The van der Waals surface area contributed by atoms with Crippen LogP contribution in [0.25, 0.3) is 0 Å². The summed E-state index contributed by atoms with van der Waals surface area (Å²) in [6.45, 7) is 2.48. The summed E-state index contributed by atoms with van der Waals surface area (Å²) in [5.41, 5.74) is 0.482. The molecule has 0 aliphatic carbocycles. The molecule has 0 fully saturated rings. The Bertz CT molecular complexity index is 404. The minimum atomic E-state index is -0.354. The Hall–Kier alpha value is -1.53. The first-order valence-electron chi connectivity index (χ1n) is 5.80. The highest BCUT2D eigenvalue weighted by Crippen LogP contribution is 2.19. The third-order valence-electron chi connectivity index (χ3n) is 2.25. The monoisotopic (exact) mass is 236 g/mol. The second kappa shape index (κ2) is 7.70. The number of halogens is 1. The molecule has 0 saturated heterocycles. The average Bonchev–Trinajstić information content (AvgIpc) is 2.34. The van der Waals surface area contributed by atoms with Gasteiger partial charge in [0.15, 0.2) is 0 Å². The molecule has 0 spiro atoms. The largest absolute Gasteiger partial charge is 0.492 e. The van der Waals surface area contributed by atoms with Gasteiger partial charge in [-0.3, -0.25) is 0 Å². The summed E-state index contributed by atoms with van der Waals surface area (Å²) < 4.78 is 18.6. The normalized spacial score (nSPS) is 9.59. The van der Waals surface area contributed by atoms with Gasteiger partial charge in [0.25, 0.3) is 0 Å². The molecule has 2 nitrogen and oxygen atoms in total. The van der Waals surface area contributed by atoms with Crippen molar-refractivity contribution in [2.75, 3.05) is 13.2 Å². The van der Waals surface area contributed by atoms with Crippen molar-refractivity contribution in [2.24, 2.45) is 0 Å². The number of hydrogen-bond acceptors (Lipinski definition) is 2. The van der Waals surface area contributed by atoms with Crippen LogP contribution in [0.2, 0.25) is 0 Å². The van der Waals surface area contributed by atoms with Crippen LogP contribution in [-0.4, -0.2) is 18.3 Å². The van der Waals surface area contributed by atoms with Crippen LogP contribution in [0.3, 0.4) is 0 Å². The van der Waals surface area contributed by atoms with Gasteiger partial charge in [0, 0.05) is 0 Å².